The molecule has 0 radical (unpaired) electrons. The number of ether oxygens (including phenoxy) is 2. The Kier molecular flexibility index (Phi) is 6.53. The molecule has 0 N–H and O–H groups in total. The summed E-state index contributed by atoms with van der Waals surface area (Å²) in [6.45, 7) is 13.0. The van der Waals surface area contributed by atoms with Crippen LogP contribution in [-0.2, 0) is 15.8 Å². The van der Waals surface area contributed by atoms with Crippen molar-refractivity contribution in [3.8, 4) is 11.5 Å². The van der Waals surface area contributed by atoms with Crippen molar-refractivity contribution in [2.24, 2.45) is 0 Å². The quantitative estimate of drug-likeness (QED) is 0.613. The molecule has 0 aliphatic carbocycles. The van der Waals surface area contributed by atoms with Crippen molar-refractivity contribution >= 4 is 20.4 Å². The molecule has 2 aromatic rings. The molecule has 1 aromatic heterocycles. The molecule has 0 spiro atoms. The Morgan fingerprint density at radius 1 is 1.08 bits per heavy atom. The third-order valence-corrected chi connectivity index (χ3v) is 6.16. The van der Waals surface area contributed by atoms with Gasteiger partial charge < -0.3 is 13.9 Å². The molecule has 2 rings (SSSR count). The van der Waals surface area contributed by atoms with E-state index in [-0.39, 0.29) is 5.41 Å². The molecule has 1 heterocycles. The normalized spacial score (nSPS) is 14.3. The van der Waals surface area contributed by atoms with Gasteiger partial charge in [-0.05, 0) is 24.9 Å². The molecule has 0 saturated carbocycles. The second-order valence-electron chi connectivity index (χ2n) is 7.66. The zero-order valence-electron chi connectivity index (χ0n) is 17.2. The van der Waals surface area contributed by atoms with E-state index >= 15 is 0 Å². The third kappa shape index (κ3) is 3.82. The van der Waals surface area contributed by atoms with E-state index in [2.05, 4.69) is 57.9 Å². The predicted molar refractivity (Wildman–Crippen MR) is 111 cm³/mol. The number of hydrogen-bond acceptors (Lipinski definition) is 5. The molecule has 1 atom stereocenters. The largest absolute Gasteiger partial charge is 0.544 e. The van der Waals surface area contributed by atoms with Crippen LogP contribution in [0.1, 0.15) is 50.3 Å². The summed E-state index contributed by atoms with van der Waals surface area (Å²) in [5.41, 5.74) is 1.43. The topological polar surface area (TPSA) is 40.6 Å². The maximum Gasteiger partial charge on any atom is 0.229 e. The molecule has 0 fully saturated rings. The zero-order valence-corrected chi connectivity index (χ0v) is 19.1. The number of aromatic nitrogens is 1. The molecule has 1 unspecified atom stereocenters. The molecule has 0 aliphatic heterocycles. The number of rotatable bonds is 7. The van der Waals surface area contributed by atoms with E-state index in [1.54, 1.807) is 25.6 Å². The van der Waals surface area contributed by atoms with E-state index in [9.17, 15) is 0 Å². The van der Waals surface area contributed by atoms with Gasteiger partial charge in [0.1, 0.15) is 10.6 Å². The first-order chi connectivity index (χ1) is 12.2. The van der Waals surface area contributed by atoms with Gasteiger partial charge in [-0.1, -0.05) is 39.8 Å². The van der Waals surface area contributed by atoms with Crippen molar-refractivity contribution in [2.75, 3.05) is 14.2 Å². The number of thiazole rings is 1. The van der Waals surface area contributed by atoms with Gasteiger partial charge in [0, 0.05) is 29.8 Å². The van der Waals surface area contributed by atoms with Gasteiger partial charge >= 0.3 is 0 Å². The monoisotopic (exact) mass is 393 g/mol. The maximum absolute atomic E-state index is 6.42. The highest BCUT2D eigenvalue weighted by Gasteiger charge is 2.40. The van der Waals surface area contributed by atoms with Crippen molar-refractivity contribution in [1.29, 1.82) is 0 Å². The SMILES string of the molecule is CCC(OC)(c1nccs1)c1ccc(C(C)(C)C)c(OC)c1O[SiH](C)C. The van der Waals surface area contributed by atoms with E-state index in [0.29, 0.717) is 0 Å². The zero-order chi connectivity index (χ0) is 19.5. The van der Waals surface area contributed by atoms with Crippen LogP contribution < -0.4 is 9.16 Å². The van der Waals surface area contributed by atoms with Crippen LogP contribution in [-0.4, -0.2) is 28.2 Å². The fourth-order valence-corrected chi connectivity index (χ4v) is 4.85. The molecule has 0 amide bonds. The van der Waals surface area contributed by atoms with E-state index < -0.39 is 14.6 Å². The average Bonchev–Trinajstić information content (AvgIpc) is 3.10. The Morgan fingerprint density at radius 3 is 2.15 bits per heavy atom. The van der Waals surface area contributed by atoms with Crippen molar-refractivity contribution in [3.63, 3.8) is 0 Å². The van der Waals surface area contributed by atoms with Crippen LogP contribution in [0.3, 0.4) is 0 Å². The van der Waals surface area contributed by atoms with Crippen molar-refractivity contribution < 1.29 is 13.9 Å². The van der Waals surface area contributed by atoms with E-state index in [4.69, 9.17) is 13.9 Å². The summed E-state index contributed by atoms with van der Waals surface area (Å²) >= 11 is 1.60. The Labute approximate surface area is 163 Å². The predicted octanol–water partition coefficient (Wildman–Crippen LogP) is 5.11. The molecule has 6 heteroatoms. The molecule has 1 aromatic carbocycles. The van der Waals surface area contributed by atoms with Gasteiger partial charge in [0.15, 0.2) is 11.5 Å². The Balaban J connectivity index is 2.82. The van der Waals surface area contributed by atoms with Gasteiger partial charge in [0.25, 0.3) is 0 Å². The van der Waals surface area contributed by atoms with E-state index in [1.165, 1.54) is 0 Å². The summed E-state index contributed by atoms with van der Waals surface area (Å²) in [5, 5.41) is 2.92. The molecule has 0 aliphatic rings. The summed E-state index contributed by atoms with van der Waals surface area (Å²) in [6, 6.07) is 4.27. The number of hydrogen-bond donors (Lipinski definition) is 0. The molecular weight excluding hydrogens is 362 g/mol. The van der Waals surface area contributed by atoms with Gasteiger partial charge in [-0.15, -0.1) is 11.3 Å². The van der Waals surface area contributed by atoms with Crippen molar-refractivity contribution in [1.82, 2.24) is 4.98 Å². The van der Waals surface area contributed by atoms with Crippen molar-refractivity contribution in [3.05, 3.63) is 39.8 Å². The molecule has 0 saturated heterocycles. The molecular formula is C20H31NO3SSi. The van der Waals surface area contributed by atoms with E-state index in [0.717, 1.165) is 34.1 Å². The minimum absolute atomic E-state index is 0.0519. The summed E-state index contributed by atoms with van der Waals surface area (Å²) < 4.78 is 18.4. The summed E-state index contributed by atoms with van der Waals surface area (Å²) in [5.74, 6) is 1.61. The van der Waals surface area contributed by atoms with Gasteiger partial charge in [-0.25, -0.2) is 4.98 Å². The fraction of sp³-hybridized carbons (Fsp3) is 0.550. The van der Waals surface area contributed by atoms with Crippen LogP contribution >= 0.6 is 11.3 Å². The summed E-state index contributed by atoms with van der Waals surface area (Å²) in [6.07, 6.45) is 2.58. The molecule has 0 bridgehead atoms. The minimum Gasteiger partial charge on any atom is -0.544 e. The van der Waals surface area contributed by atoms with Crippen molar-refractivity contribution in [2.45, 2.75) is 58.2 Å². The lowest BCUT2D eigenvalue weighted by Gasteiger charge is -2.34. The van der Waals surface area contributed by atoms with Crippen LogP contribution in [0.25, 0.3) is 0 Å². The molecule has 4 nitrogen and oxygen atoms in total. The van der Waals surface area contributed by atoms with Gasteiger partial charge in [0.05, 0.1) is 7.11 Å². The number of methoxy groups -OCH3 is 2. The number of nitrogens with zero attached hydrogens (tertiary/aromatic N) is 1. The second-order valence-corrected chi connectivity index (χ2v) is 10.9. The Hall–Kier alpha value is -1.37. The highest BCUT2D eigenvalue weighted by atomic mass is 32.1. The van der Waals surface area contributed by atoms with E-state index in [1.807, 2.05) is 11.6 Å². The smallest absolute Gasteiger partial charge is 0.229 e. The second kappa shape index (κ2) is 8.11. The fourth-order valence-electron chi connectivity index (χ4n) is 3.25. The lowest BCUT2D eigenvalue weighted by atomic mass is 9.82. The Bertz CT molecular complexity index is 719. The third-order valence-electron chi connectivity index (χ3n) is 4.54. The lowest BCUT2D eigenvalue weighted by molar-refractivity contribution is 0.0169. The first kappa shape index (κ1) is 20.9. The maximum atomic E-state index is 6.42. The molecule has 26 heavy (non-hydrogen) atoms. The van der Waals surface area contributed by atoms with Gasteiger partial charge in [-0.2, -0.15) is 0 Å². The molecule has 144 valence electrons. The first-order valence-corrected chi connectivity index (χ1v) is 12.7. The average molecular weight is 394 g/mol. The van der Waals surface area contributed by atoms with Crippen LogP contribution in [0.5, 0.6) is 11.5 Å². The summed E-state index contributed by atoms with van der Waals surface area (Å²) in [4.78, 5) is 4.56. The van der Waals surface area contributed by atoms with Crippen LogP contribution in [0, 0.1) is 0 Å². The summed E-state index contributed by atoms with van der Waals surface area (Å²) in [7, 11) is 2.09. The number of benzene rings is 1. The van der Waals surface area contributed by atoms with Gasteiger partial charge in [-0.3, -0.25) is 0 Å². The minimum atomic E-state index is -1.37. The highest BCUT2D eigenvalue weighted by Crippen LogP contribution is 2.49. The first-order valence-electron chi connectivity index (χ1n) is 9.05. The van der Waals surface area contributed by atoms with Crippen LogP contribution in [0.15, 0.2) is 23.7 Å². The standard InChI is InChI=1S/C20H31NO3SSi/c1-9-20(23-6,18-21-12-13-25-18)15-11-10-14(19(2,3)4)16(22-5)17(15)24-26(7)8/h10-13,26H,9H2,1-8H3. The highest BCUT2D eigenvalue weighted by molar-refractivity contribution is 7.09. The van der Waals surface area contributed by atoms with Gasteiger partial charge in [0.2, 0.25) is 9.04 Å². The van der Waals surface area contributed by atoms with Crippen LogP contribution in [0.2, 0.25) is 13.1 Å². The Morgan fingerprint density at radius 2 is 1.73 bits per heavy atom. The van der Waals surface area contributed by atoms with Crippen LogP contribution in [0.4, 0.5) is 0 Å². The lowest BCUT2D eigenvalue weighted by Crippen LogP contribution is -2.31.